The molecule has 2 N–H and O–H groups in total. The number of nitrogens with one attached hydrogen (secondary N) is 2. The third-order valence-corrected chi connectivity index (χ3v) is 5.18. The minimum Gasteiger partial charge on any atom is -0.497 e. The van der Waals surface area contributed by atoms with Crippen molar-refractivity contribution in [3.63, 3.8) is 0 Å². The third kappa shape index (κ3) is 3.56. The lowest BCUT2D eigenvalue weighted by Crippen LogP contribution is -2.26. The molecule has 0 heterocycles. The lowest BCUT2D eigenvalue weighted by molar-refractivity contribution is -0.385. The Balaban J connectivity index is 1.91. The van der Waals surface area contributed by atoms with Gasteiger partial charge in [0.2, 0.25) is 5.78 Å². The van der Waals surface area contributed by atoms with Crippen molar-refractivity contribution < 1.29 is 19.2 Å². The Morgan fingerprint density at radius 2 is 1.53 bits per heavy atom. The quantitative estimate of drug-likeness (QED) is 0.328. The number of ether oxygens (including phenoxy) is 1. The molecule has 0 fully saturated rings. The van der Waals surface area contributed by atoms with Crippen molar-refractivity contribution in [1.82, 2.24) is 0 Å². The van der Waals surface area contributed by atoms with E-state index in [1.807, 2.05) is 13.8 Å². The van der Waals surface area contributed by atoms with Crippen LogP contribution in [-0.4, -0.2) is 29.6 Å². The Kier molecular flexibility index (Phi) is 5.36. The van der Waals surface area contributed by atoms with Crippen molar-refractivity contribution in [3.05, 3.63) is 87.0 Å². The van der Waals surface area contributed by atoms with Crippen molar-refractivity contribution in [1.29, 1.82) is 0 Å². The number of nitrogens with zero attached hydrogens (tertiary/aromatic N) is 1. The Morgan fingerprint density at radius 1 is 0.875 bits per heavy atom. The van der Waals surface area contributed by atoms with Crippen molar-refractivity contribution >= 4 is 34.3 Å². The molecular formula is C24H21N3O5. The van der Waals surface area contributed by atoms with E-state index in [9.17, 15) is 19.7 Å². The van der Waals surface area contributed by atoms with Gasteiger partial charge in [-0.1, -0.05) is 6.07 Å². The number of ketones is 2. The van der Waals surface area contributed by atoms with Gasteiger partial charge in [0.05, 0.1) is 28.8 Å². The lowest BCUT2D eigenvalue weighted by Gasteiger charge is -2.24. The second-order valence-electron chi connectivity index (χ2n) is 7.68. The van der Waals surface area contributed by atoms with Crippen LogP contribution in [0.1, 0.15) is 45.7 Å². The smallest absolute Gasteiger partial charge is 0.281 e. The van der Waals surface area contributed by atoms with Gasteiger partial charge in [0.15, 0.2) is 5.78 Å². The predicted molar refractivity (Wildman–Crippen MR) is 121 cm³/mol. The van der Waals surface area contributed by atoms with Crippen LogP contribution in [0.15, 0.2) is 54.6 Å². The summed E-state index contributed by atoms with van der Waals surface area (Å²) in [6.07, 6.45) is 0. The van der Waals surface area contributed by atoms with Gasteiger partial charge in [-0.2, -0.15) is 0 Å². The molecule has 3 aromatic rings. The van der Waals surface area contributed by atoms with Crippen LogP contribution in [0, 0.1) is 10.1 Å². The lowest BCUT2D eigenvalue weighted by atomic mass is 9.81. The fourth-order valence-electron chi connectivity index (χ4n) is 3.82. The van der Waals surface area contributed by atoms with Gasteiger partial charge in [0.1, 0.15) is 11.3 Å². The van der Waals surface area contributed by atoms with Crippen LogP contribution in [0.5, 0.6) is 5.75 Å². The van der Waals surface area contributed by atoms with Gasteiger partial charge < -0.3 is 15.4 Å². The average molecular weight is 431 g/mol. The zero-order valence-corrected chi connectivity index (χ0v) is 17.8. The Hall–Kier alpha value is -4.20. The van der Waals surface area contributed by atoms with Crippen LogP contribution >= 0.6 is 0 Å². The summed E-state index contributed by atoms with van der Waals surface area (Å²) in [7, 11) is 1.57. The number of carbonyl (C=O) groups is 2. The van der Waals surface area contributed by atoms with Crippen LogP contribution in [0.4, 0.5) is 22.7 Å². The summed E-state index contributed by atoms with van der Waals surface area (Å²) in [6.45, 7) is 3.81. The Morgan fingerprint density at radius 3 is 2.16 bits per heavy atom. The van der Waals surface area contributed by atoms with Crippen molar-refractivity contribution in [2.45, 2.75) is 19.9 Å². The topological polar surface area (TPSA) is 111 Å². The highest BCUT2D eigenvalue weighted by atomic mass is 16.6. The maximum atomic E-state index is 13.5. The van der Waals surface area contributed by atoms with Gasteiger partial charge in [-0.25, -0.2) is 0 Å². The minimum atomic E-state index is -0.635. The number of nitro benzene ring substituents is 1. The fourth-order valence-corrected chi connectivity index (χ4v) is 3.82. The number of fused-ring (bicyclic) bond motifs is 2. The van der Waals surface area contributed by atoms with E-state index in [-0.39, 0.29) is 34.0 Å². The molecule has 0 aromatic heterocycles. The van der Waals surface area contributed by atoms with Gasteiger partial charge in [-0.3, -0.25) is 19.7 Å². The van der Waals surface area contributed by atoms with E-state index in [1.54, 1.807) is 43.5 Å². The Labute approximate surface area is 184 Å². The van der Waals surface area contributed by atoms with Crippen LogP contribution in [0.3, 0.4) is 0 Å². The first-order valence-electron chi connectivity index (χ1n) is 10.0. The van der Waals surface area contributed by atoms with Gasteiger partial charge in [0, 0.05) is 29.0 Å². The molecule has 8 heteroatoms. The van der Waals surface area contributed by atoms with E-state index in [4.69, 9.17) is 4.74 Å². The molecule has 1 aliphatic rings. The number of nitro groups is 1. The molecule has 162 valence electrons. The number of benzene rings is 3. The fraction of sp³-hybridized carbons (Fsp3) is 0.167. The van der Waals surface area contributed by atoms with Gasteiger partial charge in [-0.05, 0) is 56.3 Å². The summed E-state index contributed by atoms with van der Waals surface area (Å²) in [4.78, 5) is 38.0. The summed E-state index contributed by atoms with van der Waals surface area (Å²) < 4.78 is 5.17. The molecular weight excluding hydrogens is 410 g/mol. The molecule has 0 amide bonds. The molecule has 32 heavy (non-hydrogen) atoms. The van der Waals surface area contributed by atoms with E-state index in [0.717, 1.165) is 0 Å². The highest BCUT2D eigenvalue weighted by Gasteiger charge is 2.38. The van der Waals surface area contributed by atoms with Gasteiger partial charge in [-0.15, -0.1) is 0 Å². The SMILES string of the molecule is COc1ccc(Nc2ccc(NC(C)C)c3c2C(=O)c2cccc([N+](=O)[O-])c2C3=O)cc1. The number of rotatable bonds is 6. The molecule has 0 bridgehead atoms. The monoisotopic (exact) mass is 431 g/mol. The molecule has 0 atom stereocenters. The van der Waals surface area contributed by atoms with Crippen LogP contribution in [0.25, 0.3) is 0 Å². The third-order valence-electron chi connectivity index (χ3n) is 5.18. The van der Waals surface area contributed by atoms with Crippen molar-refractivity contribution in [3.8, 4) is 5.75 Å². The standard InChI is InChI=1S/C24H21N3O5/c1-13(2)25-17-11-12-18(26-14-7-9-15(32-3)10-8-14)21-22(17)24(29)20-16(23(21)28)5-4-6-19(20)27(30)31/h4-13,25-26H,1-3H3. The molecule has 1 aliphatic carbocycles. The molecule has 0 aliphatic heterocycles. The maximum Gasteiger partial charge on any atom is 0.281 e. The molecule has 0 unspecified atom stereocenters. The van der Waals surface area contributed by atoms with Gasteiger partial charge in [0.25, 0.3) is 5.69 Å². The number of hydrogen-bond acceptors (Lipinski definition) is 7. The molecule has 4 rings (SSSR count). The number of methoxy groups -OCH3 is 1. The van der Waals surface area contributed by atoms with E-state index in [2.05, 4.69) is 10.6 Å². The number of carbonyl (C=O) groups excluding carboxylic acids is 2. The van der Waals surface area contributed by atoms with Gasteiger partial charge >= 0.3 is 0 Å². The second-order valence-corrected chi connectivity index (χ2v) is 7.68. The Bertz CT molecular complexity index is 1250. The van der Waals surface area contributed by atoms with Crippen LogP contribution in [-0.2, 0) is 0 Å². The molecule has 3 aromatic carbocycles. The second kappa shape index (κ2) is 8.14. The first-order chi connectivity index (χ1) is 15.3. The number of anilines is 3. The van der Waals surface area contributed by atoms with E-state index in [1.165, 1.54) is 18.2 Å². The summed E-state index contributed by atoms with van der Waals surface area (Å²) in [5.74, 6) is -0.313. The highest BCUT2D eigenvalue weighted by Crippen LogP contribution is 2.40. The highest BCUT2D eigenvalue weighted by molar-refractivity contribution is 6.33. The van der Waals surface area contributed by atoms with Crippen molar-refractivity contribution in [2.75, 3.05) is 17.7 Å². The summed E-state index contributed by atoms with van der Waals surface area (Å²) >= 11 is 0. The molecule has 0 radical (unpaired) electrons. The first kappa shape index (κ1) is 21.0. The molecule has 8 nitrogen and oxygen atoms in total. The summed E-state index contributed by atoms with van der Waals surface area (Å²) in [6, 6.07) is 14.6. The zero-order valence-electron chi connectivity index (χ0n) is 17.8. The van der Waals surface area contributed by atoms with Crippen molar-refractivity contribution in [2.24, 2.45) is 0 Å². The molecule has 0 saturated heterocycles. The minimum absolute atomic E-state index is 0.0189. The normalized spacial score (nSPS) is 12.2. The molecule has 0 spiro atoms. The van der Waals surface area contributed by atoms with Crippen LogP contribution < -0.4 is 15.4 Å². The average Bonchev–Trinajstić information content (AvgIpc) is 2.77. The van der Waals surface area contributed by atoms with E-state index < -0.39 is 16.5 Å². The first-order valence-corrected chi connectivity index (χ1v) is 10.0. The maximum absolute atomic E-state index is 13.5. The van der Waals surface area contributed by atoms with Crippen LogP contribution in [0.2, 0.25) is 0 Å². The number of hydrogen-bond donors (Lipinski definition) is 2. The summed E-state index contributed by atoms with van der Waals surface area (Å²) in [5, 5.41) is 17.9. The van der Waals surface area contributed by atoms with E-state index >= 15 is 0 Å². The molecule has 0 saturated carbocycles. The van der Waals surface area contributed by atoms with E-state index in [0.29, 0.717) is 22.8 Å². The summed E-state index contributed by atoms with van der Waals surface area (Å²) in [5.41, 5.74) is 1.37. The predicted octanol–water partition coefficient (Wildman–Crippen LogP) is 4.94. The largest absolute Gasteiger partial charge is 0.497 e. The zero-order chi connectivity index (χ0) is 23.0.